The first kappa shape index (κ1) is 18.4. The molecule has 0 aliphatic carbocycles. The van der Waals surface area contributed by atoms with Gasteiger partial charge in [-0.25, -0.2) is 4.98 Å². The average molecular weight is 375 g/mol. The van der Waals surface area contributed by atoms with Gasteiger partial charge < -0.3 is 15.3 Å². The second-order valence-corrected chi connectivity index (χ2v) is 7.22. The van der Waals surface area contributed by atoms with Gasteiger partial charge in [-0.05, 0) is 49.1 Å². The number of aliphatic hydroxyl groups excluding tert-OH is 1. The van der Waals surface area contributed by atoms with Crippen LogP contribution in [-0.2, 0) is 6.42 Å². The molecule has 1 unspecified atom stereocenters. The van der Waals surface area contributed by atoms with E-state index in [-0.39, 0.29) is 18.6 Å². The summed E-state index contributed by atoms with van der Waals surface area (Å²) in [5.41, 5.74) is 3.40. The fourth-order valence-electron chi connectivity index (χ4n) is 3.85. The molecule has 1 aliphatic heterocycles. The number of pyridine rings is 1. The van der Waals surface area contributed by atoms with Crippen LogP contribution in [0, 0.1) is 0 Å². The molecule has 1 fully saturated rings. The molecule has 0 bridgehead atoms. The van der Waals surface area contributed by atoms with Crippen LogP contribution in [0.1, 0.15) is 35.7 Å². The van der Waals surface area contributed by atoms with Gasteiger partial charge in [0, 0.05) is 17.6 Å². The molecule has 1 aromatic heterocycles. The van der Waals surface area contributed by atoms with E-state index in [1.165, 1.54) is 5.56 Å². The number of aliphatic hydroxyl groups is 1. The van der Waals surface area contributed by atoms with Gasteiger partial charge in [0.25, 0.3) is 5.91 Å². The van der Waals surface area contributed by atoms with E-state index >= 15 is 0 Å². The van der Waals surface area contributed by atoms with Gasteiger partial charge in [0.05, 0.1) is 23.7 Å². The van der Waals surface area contributed by atoms with Crippen molar-refractivity contribution < 1.29 is 9.90 Å². The number of hydrogen-bond donors (Lipinski definition) is 2. The summed E-state index contributed by atoms with van der Waals surface area (Å²) in [4.78, 5) is 20.0. The van der Waals surface area contributed by atoms with Crippen LogP contribution in [0.25, 0.3) is 10.9 Å². The lowest BCUT2D eigenvalue weighted by molar-refractivity contribution is 0.102. The first-order chi connectivity index (χ1) is 13.7. The fourth-order valence-corrected chi connectivity index (χ4v) is 3.85. The lowest BCUT2D eigenvalue weighted by Gasteiger charge is -2.25. The Hall–Kier alpha value is -2.92. The summed E-state index contributed by atoms with van der Waals surface area (Å²) < 4.78 is 0. The van der Waals surface area contributed by atoms with E-state index in [2.05, 4.69) is 17.1 Å². The van der Waals surface area contributed by atoms with Crippen LogP contribution in [-0.4, -0.2) is 35.2 Å². The highest BCUT2D eigenvalue weighted by Crippen LogP contribution is 2.29. The summed E-state index contributed by atoms with van der Waals surface area (Å²) in [5, 5.41) is 13.5. The van der Waals surface area contributed by atoms with Gasteiger partial charge in [0.15, 0.2) is 0 Å². The van der Waals surface area contributed by atoms with Crippen molar-refractivity contribution in [2.45, 2.75) is 32.2 Å². The molecule has 2 aromatic carbocycles. The van der Waals surface area contributed by atoms with E-state index in [0.29, 0.717) is 5.56 Å². The number of hydrogen-bond acceptors (Lipinski definition) is 4. The highest BCUT2D eigenvalue weighted by atomic mass is 16.3. The highest BCUT2D eigenvalue weighted by Gasteiger charge is 2.26. The Bertz CT molecular complexity index is 985. The molecule has 2 heterocycles. The Morgan fingerprint density at radius 3 is 2.75 bits per heavy atom. The van der Waals surface area contributed by atoms with Gasteiger partial charge >= 0.3 is 0 Å². The Labute approximate surface area is 165 Å². The van der Waals surface area contributed by atoms with E-state index in [9.17, 15) is 9.90 Å². The third-order valence-corrected chi connectivity index (χ3v) is 5.45. The smallest absolute Gasteiger partial charge is 0.256 e. The van der Waals surface area contributed by atoms with Crippen LogP contribution >= 0.6 is 0 Å². The zero-order chi connectivity index (χ0) is 19.5. The number of rotatable bonds is 5. The Morgan fingerprint density at radius 2 is 2.00 bits per heavy atom. The Balaban J connectivity index is 1.70. The maximum absolute atomic E-state index is 13.1. The minimum Gasteiger partial charge on any atom is -0.394 e. The minimum atomic E-state index is -0.149. The maximum Gasteiger partial charge on any atom is 0.256 e. The SMILES string of the molecule is CCc1ccc(NC(=O)c2cc(N3CCCC3CO)nc3ccccc23)cc1. The molecule has 1 aliphatic rings. The first-order valence-corrected chi connectivity index (χ1v) is 9.87. The number of fused-ring (bicyclic) bond motifs is 1. The van der Waals surface area contributed by atoms with E-state index in [0.717, 1.165) is 48.2 Å². The van der Waals surface area contributed by atoms with Crippen LogP contribution in [0.15, 0.2) is 54.6 Å². The molecule has 1 saturated heterocycles. The lowest BCUT2D eigenvalue weighted by Crippen LogP contribution is -2.33. The number of aromatic nitrogens is 1. The van der Waals surface area contributed by atoms with Crippen molar-refractivity contribution in [3.63, 3.8) is 0 Å². The number of amides is 1. The van der Waals surface area contributed by atoms with Crippen molar-refractivity contribution in [2.24, 2.45) is 0 Å². The third kappa shape index (κ3) is 3.58. The first-order valence-electron chi connectivity index (χ1n) is 9.87. The van der Waals surface area contributed by atoms with Crippen LogP contribution in [0.4, 0.5) is 11.5 Å². The zero-order valence-corrected chi connectivity index (χ0v) is 16.1. The molecule has 28 heavy (non-hydrogen) atoms. The van der Waals surface area contributed by atoms with Crippen molar-refractivity contribution in [3.8, 4) is 0 Å². The van der Waals surface area contributed by atoms with Crippen molar-refractivity contribution in [3.05, 3.63) is 65.7 Å². The molecule has 1 atom stereocenters. The number of carbonyl (C=O) groups excluding carboxylic acids is 1. The molecule has 1 amide bonds. The molecule has 2 N–H and O–H groups in total. The van der Waals surface area contributed by atoms with Gasteiger partial charge in [-0.15, -0.1) is 0 Å². The van der Waals surface area contributed by atoms with Gasteiger partial charge in [-0.1, -0.05) is 37.3 Å². The predicted octanol–water partition coefficient (Wildman–Crippen LogP) is 4.01. The van der Waals surface area contributed by atoms with Crippen molar-refractivity contribution in [1.29, 1.82) is 0 Å². The Morgan fingerprint density at radius 1 is 1.21 bits per heavy atom. The minimum absolute atomic E-state index is 0.0613. The number of anilines is 2. The van der Waals surface area contributed by atoms with E-state index in [4.69, 9.17) is 4.98 Å². The maximum atomic E-state index is 13.1. The van der Waals surface area contributed by atoms with E-state index in [1.807, 2.05) is 54.6 Å². The fraction of sp³-hybridized carbons (Fsp3) is 0.304. The number of carbonyl (C=O) groups is 1. The van der Waals surface area contributed by atoms with Crippen molar-refractivity contribution >= 4 is 28.3 Å². The number of nitrogens with zero attached hydrogens (tertiary/aromatic N) is 2. The number of nitrogens with one attached hydrogen (secondary N) is 1. The van der Waals surface area contributed by atoms with Crippen LogP contribution in [0.5, 0.6) is 0 Å². The predicted molar refractivity (Wildman–Crippen MR) is 113 cm³/mol. The van der Waals surface area contributed by atoms with Crippen molar-refractivity contribution in [2.75, 3.05) is 23.4 Å². The van der Waals surface area contributed by atoms with Crippen molar-refractivity contribution in [1.82, 2.24) is 4.98 Å². The number of aryl methyl sites for hydroxylation is 1. The number of para-hydroxylation sites is 1. The molecule has 0 spiro atoms. The second kappa shape index (κ2) is 7.98. The summed E-state index contributed by atoms with van der Waals surface area (Å²) in [6.45, 7) is 3.05. The summed E-state index contributed by atoms with van der Waals surface area (Å²) in [6.07, 6.45) is 2.93. The van der Waals surface area contributed by atoms with Gasteiger partial charge in [0.1, 0.15) is 5.82 Å². The normalized spacial score (nSPS) is 16.5. The van der Waals surface area contributed by atoms with Gasteiger partial charge in [-0.3, -0.25) is 4.79 Å². The molecular formula is C23H25N3O2. The second-order valence-electron chi connectivity index (χ2n) is 7.22. The quantitative estimate of drug-likeness (QED) is 0.707. The molecule has 0 radical (unpaired) electrons. The molecule has 4 rings (SSSR count). The van der Waals surface area contributed by atoms with E-state index in [1.54, 1.807) is 0 Å². The molecule has 5 nitrogen and oxygen atoms in total. The summed E-state index contributed by atoms with van der Waals surface area (Å²) in [5.74, 6) is 0.602. The summed E-state index contributed by atoms with van der Waals surface area (Å²) in [6, 6.07) is 17.5. The third-order valence-electron chi connectivity index (χ3n) is 5.45. The molecular weight excluding hydrogens is 350 g/mol. The standard InChI is InChI=1S/C23H25N3O2/c1-2-16-9-11-17(12-10-16)24-23(28)20-14-22(26-13-5-6-18(26)15-27)25-21-8-4-3-7-19(20)21/h3-4,7-12,14,18,27H,2,5-6,13,15H2,1H3,(H,24,28). The molecule has 5 heteroatoms. The van der Waals surface area contributed by atoms with E-state index < -0.39 is 0 Å². The van der Waals surface area contributed by atoms with Crippen LogP contribution in [0.3, 0.4) is 0 Å². The molecule has 3 aromatic rings. The van der Waals surface area contributed by atoms with Gasteiger partial charge in [0.2, 0.25) is 0 Å². The summed E-state index contributed by atoms with van der Waals surface area (Å²) >= 11 is 0. The molecule has 0 saturated carbocycles. The monoisotopic (exact) mass is 375 g/mol. The number of benzene rings is 2. The zero-order valence-electron chi connectivity index (χ0n) is 16.1. The molecule has 144 valence electrons. The Kier molecular flexibility index (Phi) is 5.26. The largest absolute Gasteiger partial charge is 0.394 e. The summed E-state index contributed by atoms with van der Waals surface area (Å²) in [7, 11) is 0. The highest BCUT2D eigenvalue weighted by molar-refractivity contribution is 6.13. The lowest BCUT2D eigenvalue weighted by atomic mass is 10.1. The average Bonchev–Trinajstić information content (AvgIpc) is 3.22. The van der Waals surface area contributed by atoms with Crippen LogP contribution in [0.2, 0.25) is 0 Å². The topological polar surface area (TPSA) is 65.5 Å². The van der Waals surface area contributed by atoms with Crippen LogP contribution < -0.4 is 10.2 Å². The van der Waals surface area contributed by atoms with Gasteiger partial charge in [-0.2, -0.15) is 0 Å².